The van der Waals surface area contributed by atoms with E-state index in [-0.39, 0.29) is 17.9 Å². The first-order valence-corrected chi connectivity index (χ1v) is 8.88. The Balaban J connectivity index is 1.99. The zero-order valence-electron chi connectivity index (χ0n) is 15.1. The molecule has 0 amide bonds. The first-order valence-electron chi connectivity index (χ1n) is 8.88. The zero-order chi connectivity index (χ0) is 19.0. The number of nitrogens with two attached hydrogens (primary N) is 1. The molecule has 0 saturated carbocycles. The molecule has 0 bridgehead atoms. The number of aromatic nitrogens is 3. The van der Waals surface area contributed by atoms with E-state index in [1.165, 1.54) is 9.13 Å². The topological polar surface area (TPSA) is 82.9 Å². The van der Waals surface area contributed by atoms with Crippen LogP contribution in [0.1, 0.15) is 24.0 Å². The predicted octanol–water partition coefficient (Wildman–Crippen LogP) is 2.69. The number of hydrogen-bond donors (Lipinski definition) is 1. The summed E-state index contributed by atoms with van der Waals surface area (Å²) in [5.74, 6) is 0.276. The number of pyridine rings is 1. The molecule has 2 N–H and O–H groups in total. The smallest absolute Gasteiger partial charge is 0.337 e. The molecular weight excluding hydrogens is 340 g/mol. The third kappa shape index (κ3) is 3.10. The maximum Gasteiger partial charge on any atom is 0.337 e. The van der Waals surface area contributed by atoms with Crippen LogP contribution in [0.4, 0.5) is 5.82 Å². The highest BCUT2D eigenvalue weighted by Crippen LogP contribution is 2.19. The minimum Gasteiger partial charge on any atom is -0.384 e. The summed E-state index contributed by atoms with van der Waals surface area (Å²) >= 11 is 0. The Bertz CT molecular complexity index is 1200. The number of aryl methyl sites for hydroxylation is 1. The standard InChI is InChI=1S/C21H20N4O2/c1-14-7-9-15(10-8-14)13-24-20(26)17-11-12-18(22)23-19(17)25(21(24)27)16-5-3-2-4-6-16/h2-3,5,7-12H,4,6,13H2,1H3,(H2,22,23). The molecule has 1 aliphatic carbocycles. The number of nitrogen functional groups attached to an aromatic ring is 1. The molecular formula is C21H20N4O2. The molecule has 1 aliphatic rings. The summed E-state index contributed by atoms with van der Waals surface area (Å²) in [6.07, 6.45) is 7.37. The molecule has 4 rings (SSSR count). The second-order valence-corrected chi connectivity index (χ2v) is 6.73. The van der Waals surface area contributed by atoms with Gasteiger partial charge in [0.1, 0.15) is 5.82 Å². The molecule has 0 aliphatic heterocycles. The summed E-state index contributed by atoms with van der Waals surface area (Å²) in [4.78, 5) is 30.6. The summed E-state index contributed by atoms with van der Waals surface area (Å²) < 4.78 is 2.79. The third-order valence-electron chi connectivity index (χ3n) is 4.75. The minimum absolute atomic E-state index is 0.210. The van der Waals surface area contributed by atoms with E-state index < -0.39 is 5.69 Å². The van der Waals surface area contributed by atoms with Gasteiger partial charge in [-0.05, 0) is 43.5 Å². The minimum atomic E-state index is -0.396. The molecule has 0 spiro atoms. The number of fused-ring (bicyclic) bond motifs is 1. The van der Waals surface area contributed by atoms with E-state index in [1.54, 1.807) is 12.1 Å². The van der Waals surface area contributed by atoms with E-state index in [9.17, 15) is 9.59 Å². The van der Waals surface area contributed by atoms with Gasteiger partial charge in [-0.3, -0.25) is 9.36 Å². The first-order chi connectivity index (χ1) is 13.0. The molecule has 0 saturated heterocycles. The molecule has 2 aromatic heterocycles. The highest BCUT2D eigenvalue weighted by molar-refractivity contribution is 5.79. The van der Waals surface area contributed by atoms with Gasteiger partial charge in [0.15, 0.2) is 5.65 Å². The van der Waals surface area contributed by atoms with Gasteiger partial charge in [0, 0.05) is 5.70 Å². The monoisotopic (exact) mass is 360 g/mol. The van der Waals surface area contributed by atoms with Crippen molar-refractivity contribution in [3.8, 4) is 0 Å². The van der Waals surface area contributed by atoms with Gasteiger partial charge in [0.05, 0.1) is 11.9 Å². The lowest BCUT2D eigenvalue weighted by atomic mass is 10.1. The molecule has 1 aromatic carbocycles. The van der Waals surface area contributed by atoms with Crippen LogP contribution in [-0.2, 0) is 6.54 Å². The van der Waals surface area contributed by atoms with Crippen LogP contribution >= 0.6 is 0 Å². The van der Waals surface area contributed by atoms with Gasteiger partial charge in [-0.25, -0.2) is 14.3 Å². The van der Waals surface area contributed by atoms with Crippen molar-refractivity contribution in [3.63, 3.8) is 0 Å². The molecule has 2 heterocycles. The molecule has 3 aromatic rings. The Morgan fingerprint density at radius 1 is 1.11 bits per heavy atom. The van der Waals surface area contributed by atoms with E-state index in [0.717, 1.165) is 23.2 Å². The summed E-state index contributed by atoms with van der Waals surface area (Å²) in [6, 6.07) is 11.0. The van der Waals surface area contributed by atoms with Crippen molar-refractivity contribution >= 4 is 22.5 Å². The van der Waals surface area contributed by atoms with Gasteiger partial charge < -0.3 is 5.73 Å². The Labute approximate surface area is 155 Å². The van der Waals surface area contributed by atoms with Gasteiger partial charge in [-0.2, -0.15) is 0 Å². The van der Waals surface area contributed by atoms with Crippen LogP contribution in [0.25, 0.3) is 16.7 Å². The molecule has 0 unspecified atom stereocenters. The number of hydrogen-bond acceptors (Lipinski definition) is 4. The van der Waals surface area contributed by atoms with Gasteiger partial charge in [-0.15, -0.1) is 0 Å². The van der Waals surface area contributed by atoms with Crippen LogP contribution in [0.3, 0.4) is 0 Å². The lowest BCUT2D eigenvalue weighted by Gasteiger charge is -2.17. The number of nitrogens with zero attached hydrogens (tertiary/aromatic N) is 3. The van der Waals surface area contributed by atoms with E-state index in [2.05, 4.69) is 4.98 Å². The molecule has 27 heavy (non-hydrogen) atoms. The van der Waals surface area contributed by atoms with Crippen molar-refractivity contribution in [2.24, 2.45) is 0 Å². The Hall–Kier alpha value is -3.41. The van der Waals surface area contributed by atoms with E-state index in [4.69, 9.17) is 5.73 Å². The Kier molecular flexibility index (Phi) is 4.24. The van der Waals surface area contributed by atoms with Crippen LogP contribution in [0.15, 0.2) is 64.2 Å². The van der Waals surface area contributed by atoms with E-state index in [1.807, 2.05) is 49.4 Å². The molecule has 0 radical (unpaired) electrons. The Morgan fingerprint density at radius 3 is 2.59 bits per heavy atom. The van der Waals surface area contributed by atoms with Gasteiger partial charge >= 0.3 is 5.69 Å². The van der Waals surface area contributed by atoms with E-state index in [0.29, 0.717) is 17.5 Å². The third-order valence-corrected chi connectivity index (χ3v) is 4.75. The normalized spacial score (nSPS) is 13.7. The fourth-order valence-electron chi connectivity index (χ4n) is 3.29. The molecule has 0 fully saturated rings. The van der Waals surface area contributed by atoms with Gasteiger partial charge in [-0.1, -0.05) is 42.0 Å². The fourth-order valence-corrected chi connectivity index (χ4v) is 3.29. The highest BCUT2D eigenvalue weighted by Gasteiger charge is 2.18. The average molecular weight is 360 g/mol. The van der Waals surface area contributed by atoms with E-state index >= 15 is 0 Å². The van der Waals surface area contributed by atoms with Crippen molar-refractivity contribution in [1.82, 2.24) is 14.1 Å². The van der Waals surface area contributed by atoms with Crippen molar-refractivity contribution in [2.75, 3.05) is 5.73 Å². The van der Waals surface area contributed by atoms with Crippen LogP contribution in [0, 0.1) is 6.92 Å². The zero-order valence-corrected chi connectivity index (χ0v) is 15.1. The maximum absolute atomic E-state index is 13.3. The van der Waals surface area contributed by atoms with Crippen molar-refractivity contribution in [1.29, 1.82) is 0 Å². The summed E-state index contributed by atoms with van der Waals surface area (Å²) in [7, 11) is 0. The van der Waals surface area contributed by atoms with Crippen LogP contribution in [-0.4, -0.2) is 14.1 Å². The number of benzene rings is 1. The number of allylic oxidation sites excluding steroid dienone is 4. The molecule has 136 valence electrons. The summed E-state index contributed by atoms with van der Waals surface area (Å²) in [6.45, 7) is 2.21. The second-order valence-electron chi connectivity index (χ2n) is 6.73. The van der Waals surface area contributed by atoms with Crippen LogP contribution in [0.2, 0.25) is 0 Å². The lowest BCUT2D eigenvalue weighted by Crippen LogP contribution is -2.40. The number of rotatable bonds is 3. The van der Waals surface area contributed by atoms with Crippen LogP contribution in [0.5, 0.6) is 0 Å². The van der Waals surface area contributed by atoms with Crippen LogP contribution < -0.4 is 17.0 Å². The maximum atomic E-state index is 13.3. The fraction of sp³-hybridized carbons (Fsp3) is 0.190. The largest absolute Gasteiger partial charge is 0.384 e. The van der Waals surface area contributed by atoms with Gasteiger partial charge in [0.2, 0.25) is 0 Å². The van der Waals surface area contributed by atoms with Crippen molar-refractivity contribution in [3.05, 3.63) is 86.6 Å². The first kappa shape index (κ1) is 17.0. The van der Waals surface area contributed by atoms with Crippen molar-refractivity contribution < 1.29 is 0 Å². The highest BCUT2D eigenvalue weighted by atomic mass is 16.2. The molecule has 6 heteroatoms. The SMILES string of the molecule is Cc1ccc(Cn2c(=O)c3ccc(N)nc3n(C3=CC=CCC3)c2=O)cc1. The molecule has 6 nitrogen and oxygen atoms in total. The lowest BCUT2D eigenvalue weighted by molar-refractivity contribution is 0.680. The summed E-state index contributed by atoms with van der Waals surface area (Å²) in [5.41, 5.74) is 8.22. The predicted molar refractivity (Wildman–Crippen MR) is 108 cm³/mol. The molecule has 0 atom stereocenters. The van der Waals surface area contributed by atoms with Gasteiger partial charge in [0.25, 0.3) is 5.56 Å². The van der Waals surface area contributed by atoms with Crippen molar-refractivity contribution in [2.45, 2.75) is 26.3 Å². The summed E-state index contributed by atoms with van der Waals surface area (Å²) in [5, 5.41) is 0.381. The Morgan fingerprint density at radius 2 is 1.89 bits per heavy atom. The average Bonchev–Trinajstić information content (AvgIpc) is 2.67. The second kappa shape index (κ2) is 6.72. The number of anilines is 1. The quantitative estimate of drug-likeness (QED) is 0.778.